The monoisotopic (exact) mass is 315 g/mol. The largest absolute Gasteiger partial charge is 0.495 e. The molecule has 22 heavy (non-hydrogen) atoms. The van der Waals surface area contributed by atoms with Crippen LogP contribution in [0.25, 0.3) is 16.6 Å². The number of halogens is 1. The van der Waals surface area contributed by atoms with Crippen LogP contribution < -0.4 is 15.7 Å². The maximum Gasteiger partial charge on any atom is 0.354 e. The van der Waals surface area contributed by atoms with Crippen molar-refractivity contribution in [1.82, 2.24) is 9.55 Å². The zero-order valence-corrected chi connectivity index (χ0v) is 12.9. The smallest absolute Gasteiger partial charge is 0.354 e. The number of rotatable bonds is 3. The van der Waals surface area contributed by atoms with Crippen molar-refractivity contribution in [2.24, 2.45) is 0 Å². The van der Waals surface area contributed by atoms with Crippen LogP contribution in [0.4, 0.5) is 5.82 Å². The second-order valence-electron chi connectivity index (χ2n) is 4.67. The molecule has 2 aromatic carbocycles. The van der Waals surface area contributed by atoms with Gasteiger partial charge in [-0.05, 0) is 24.3 Å². The summed E-state index contributed by atoms with van der Waals surface area (Å²) in [5.41, 5.74) is 1.03. The summed E-state index contributed by atoms with van der Waals surface area (Å²) in [6.45, 7) is 0. The summed E-state index contributed by atoms with van der Waals surface area (Å²) in [6.07, 6.45) is 0. The number of aromatic nitrogens is 2. The van der Waals surface area contributed by atoms with Crippen molar-refractivity contribution in [2.75, 3.05) is 19.5 Å². The maximum atomic E-state index is 12.4. The van der Waals surface area contributed by atoms with Crippen molar-refractivity contribution in [3.63, 3.8) is 0 Å². The van der Waals surface area contributed by atoms with Gasteiger partial charge in [-0.25, -0.2) is 4.79 Å². The first-order valence-corrected chi connectivity index (χ1v) is 7.07. The van der Waals surface area contributed by atoms with E-state index in [0.717, 1.165) is 11.1 Å². The number of hydrogen-bond donors (Lipinski definition) is 1. The Kier molecular flexibility index (Phi) is 3.73. The highest BCUT2D eigenvalue weighted by atomic mass is 35.5. The molecule has 3 rings (SSSR count). The molecule has 0 spiro atoms. The third-order valence-electron chi connectivity index (χ3n) is 3.42. The SMILES string of the molecule is CNc1nc(=O)n(-c2ccccc2)c2cc(Cl)c(OC)cc12. The Balaban J connectivity index is 2.45. The lowest BCUT2D eigenvalue weighted by molar-refractivity contribution is 0.415. The topological polar surface area (TPSA) is 56.2 Å². The fourth-order valence-corrected chi connectivity index (χ4v) is 2.64. The summed E-state index contributed by atoms with van der Waals surface area (Å²) in [7, 11) is 3.27. The van der Waals surface area contributed by atoms with E-state index in [1.54, 1.807) is 26.3 Å². The van der Waals surface area contributed by atoms with Crippen LogP contribution in [-0.4, -0.2) is 23.7 Å². The number of ether oxygens (including phenoxy) is 1. The van der Waals surface area contributed by atoms with E-state index >= 15 is 0 Å². The van der Waals surface area contributed by atoms with Crippen LogP contribution in [0.15, 0.2) is 47.3 Å². The van der Waals surface area contributed by atoms with Gasteiger partial charge >= 0.3 is 5.69 Å². The number of nitrogens with zero attached hydrogens (tertiary/aromatic N) is 2. The van der Waals surface area contributed by atoms with Crippen LogP contribution in [0.3, 0.4) is 0 Å². The number of methoxy groups -OCH3 is 1. The fourth-order valence-electron chi connectivity index (χ4n) is 2.40. The van der Waals surface area contributed by atoms with Crippen LogP contribution in [0.2, 0.25) is 5.02 Å². The first-order chi connectivity index (χ1) is 10.7. The van der Waals surface area contributed by atoms with Gasteiger partial charge in [0.1, 0.15) is 11.6 Å². The van der Waals surface area contributed by atoms with Gasteiger partial charge in [-0.3, -0.25) is 4.57 Å². The van der Waals surface area contributed by atoms with Crippen molar-refractivity contribution in [1.29, 1.82) is 0 Å². The number of hydrogen-bond acceptors (Lipinski definition) is 4. The van der Waals surface area contributed by atoms with Gasteiger partial charge in [0, 0.05) is 12.4 Å². The van der Waals surface area contributed by atoms with E-state index < -0.39 is 0 Å². The second-order valence-corrected chi connectivity index (χ2v) is 5.08. The first kappa shape index (κ1) is 14.4. The third kappa shape index (κ3) is 2.29. The van der Waals surface area contributed by atoms with E-state index in [1.165, 1.54) is 4.57 Å². The molecule has 3 aromatic rings. The molecule has 112 valence electrons. The number of nitrogens with one attached hydrogen (secondary N) is 1. The zero-order chi connectivity index (χ0) is 15.7. The molecular weight excluding hydrogens is 302 g/mol. The Bertz CT molecular complexity index is 891. The summed E-state index contributed by atoms with van der Waals surface area (Å²) in [5, 5.41) is 4.13. The zero-order valence-electron chi connectivity index (χ0n) is 12.1. The molecular formula is C16H14ClN3O2. The van der Waals surface area contributed by atoms with Gasteiger partial charge in [-0.1, -0.05) is 29.8 Å². The highest BCUT2D eigenvalue weighted by Gasteiger charge is 2.14. The maximum absolute atomic E-state index is 12.4. The molecule has 1 heterocycles. The molecule has 0 aliphatic carbocycles. The predicted octanol–water partition coefficient (Wildman–Crippen LogP) is 3.09. The Morgan fingerprint density at radius 1 is 1.23 bits per heavy atom. The molecule has 0 aliphatic heterocycles. The standard InChI is InChI=1S/C16H14ClN3O2/c1-18-15-11-8-14(22-2)12(17)9-13(11)20(16(21)19-15)10-6-4-3-5-7-10/h3-9H,1-2H3,(H,18,19,21). The molecule has 6 heteroatoms. The van der Waals surface area contributed by atoms with Crippen molar-refractivity contribution in [2.45, 2.75) is 0 Å². The molecule has 0 saturated carbocycles. The summed E-state index contributed by atoms with van der Waals surface area (Å²) in [6, 6.07) is 12.8. The van der Waals surface area contributed by atoms with Gasteiger partial charge in [0.25, 0.3) is 0 Å². The Hall–Kier alpha value is -2.53. The van der Waals surface area contributed by atoms with Gasteiger partial charge in [-0.2, -0.15) is 4.98 Å². The lowest BCUT2D eigenvalue weighted by Gasteiger charge is -2.14. The molecule has 0 amide bonds. The summed E-state index contributed by atoms with van der Waals surface area (Å²) < 4.78 is 6.78. The van der Waals surface area contributed by atoms with Crippen LogP contribution in [-0.2, 0) is 0 Å². The van der Waals surface area contributed by atoms with Crippen molar-refractivity contribution in [3.05, 3.63) is 58.0 Å². The minimum Gasteiger partial charge on any atom is -0.495 e. The van der Waals surface area contributed by atoms with Crippen LogP contribution in [0.1, 0.15) is 0 Å². The van der Waals surface area contributed by atoms with Crippen molar-refractivity contribution in [3.8, 4) is 11.4 Å². The molecule has 0 aliphatic rings. The minimum atomic E-state index is -0.371. The van der Waals surface area contributed by atoms with E-state index in [9.17, 15) is 4.79 Å². The lowest BCUT2D eigenvalue weighted by atomic mass is 10.2. The average molecular weight is 316 g/mol. The number of para-hydroxylation sites is 1. The van der Waals surface area contributed by atoms with Gasteiger partial charge in [0.05, 0.1) is 23.3 Å². The number of fused-ring (bicyclic) bond motifs is 1. The average Bonchev–Trinajstić information content (AvgIpc) is 2.54. The van der Waals surface area contributed by atoms with Crippen molar-refractivity contribution >= 4 is 28.3 Å². The molecule has 0 fully saturated rings. The highest BCUT2D eigenvalue weighted by molar-refractivity contribution is 6.33. The molecule has 1 N–H and O–H groups in total. The minimum absolute atomic E-state index is 0.371. The Labute approximate surface area is 132 Å². The Morgan fingerprint density at radius 3 is 2.59 bits per heavy atom. The normalized spacial score (nSPS) is 10.7. The first-order valence-electron chi connectivity index (χ1n) is 6.69. The molecule has 0 unspecified atom stereocenters. The van der Waals surface area contributed by atoms with E-state index in [1.807, 2.05) is 30.3 Å². The quantitative estimate of drug-likeness (QED) is 0.807. The molecule has 0 radical (unpaired) electrons. The fraction of sp³-hybridized carbons (Fsp3) is 0.125. The Morgan fingerprint density at radius 2 is 1.95 bits per heavy atom. The van der Waals surface area contributed by atoms with Crippen LogP contribution in [0, 0.1) is 0 Å². The van der Waals surface area contributed by atoms with Gasteiger partial charge in [-0.15, -0.1) is 0 Å². The van der Waals surface area contributed by atoms with E-state index in [2.05, 4.69) is 10.3 Å². The molecule has 0 atom stereocenters. The van der Waals surface area contributed by atoms with Gasteiger partial charge in [0.15, 0.2) is 0 Å². The summed E-state index contributed by atoms with van der Waals surface area (Å²) >= 11 is 6.23. The van der Waals surface area contributed by atoms with Crippen molar-refractivity contribution < 1.29 is 4.74 Å². The van der Waals surface area contributed by atoms with Crippen LogP contribution in [0.5, 0.6) is 5.75 Å². The van der Waals surface area contributed by atoms with E-state index in [-0.39, 0.29) is 5.69 Å². The number of benzene rings is 2. The molecule has 0 bridgehead atoms. The van der Waals surface area contributed by atoms with Gasteiger partial charge in [0.2, 0.25) is 0 Å². The number of anilines is 1. The summed E-state index contributed by atoms with van der Waals surface area (Å²) in [4.78, 5) is 16.5. The molecule has 0 saturated heterocycles. The highest BCUT2D eigenvalue weighted by Crippen LogP contribution is 2.32. The summed E-state index contributed by atoms with van der Waals surface area (Å²) in [5.74, 6) is 1.02. The van der Waals surface area contributed by atoms with E-state index in [0.29, 0.717) is 22.1 Å². The lowest BCUT2D eigenvalue weighted by Crippen LogP contribution is -2.23. The van der Waals surface area contributed by atoms with Gasteiger partial charge < -0.3 is 10.1 Å². The van der Waals surface area contributed by atoms with Crippen LogP contribution >= 0.6 is 11.6 Å². The van der Waals surface area contributed by atoms with E-state index in [4.69, 9.17) is 16.3 Å². The second kappa shape index (κ2) is 5.69. The molecule has 5 nitrogen and oxygen atoms in total. The molecule has 1 aromatic heterocycles. The predicted molar refractivity (Wildman–Crippen MR) is 88.4 cm³/mol. The third-order valence-corrected chi connectivity index (χ3v) is 3.71.